The SMILES string of the molecule is Cc1cc(NCC(=O)N2CC[C@H](C)Sc3ccccc32)ccc1-n1cnnn1. The van der Waals surface area contributed by atoms with E-state index in [0.29, 0.717) is 5.25 Å². The van der Waals surface area contributed by atoms with E-state index in [0.717, 1.165) is 35.6 Å². The number of nitrogens with one attached hydrogen (secondary N) is 1. The minimum atomic E-state index is 0.0735. The molecule has 0 aliphatic carbocycles. The van der Waals surface area contributed by atoms with Gasteiger partial charge in [-0.15, -0.1) is 16.9 Å². The predicted molar refractivity (Wildman–Crippen MR) is 111 cm³/mol. The lowest BCUT2D eigenvalue weighted by atomic mass is 10.1. The normalized spacial score (nSPS) is 16.4. The zero-order chi connectivity index (χ0) is 19.5. The first-order valence-electron chi connectivity index (χ1n) is 9.26. The highest BCUT2D eigenvalue weighted by atomic mass is 32.2. The van der Waals surface area contributed by atoms with E-state index >= 15 is 0 Å². The van der Waals surface area contributed by atoms with Gasteiger partial charge in [0, 0.05) is 22.4 Å². The van der Waals surface area contributed by atoms with Gasteiger partial charge in [-0.05, 0) is 59.7 Å². The number of nitrogens with zero attached hydrogens (tertiary/aromatic N) is 5. The standard InChI is InChI=1S/C20H22N6OS/c1-14-11-16(7-8-17(14)26-13-22-23-24-26)21-12-20(27)25-10-9-15(2)28-19-6-4-3-5-18(19)25/h3-8,11,13,15,21H,9-10,12H2,1-2H3/t15-/m0/s1. The number of rotatable bonds is 4. The molecule has 0 bridgehead atoms. The molecule has 0 saturated carbocycles. The van der Waals surface area contributed by atoms with Gasteiger partial charge in [-0.2, -0.15) is 0 Å². The van der Waals surface area contributed by atoms with Crippen LogP contribution in [0.1, 0.15) is 18.9 Å². The Kier molecular flexibility index (Phi) is 5.29. The van der Waals surface area contributed by atoms with Crippen molar-refractivity contribution < 1.29 is 4.79 Å². The third-order valence-corrected chi connectivity index (χ3v) is 6.02. The summed E-state index contributed by atoms with van der Waals surface area (Å²) in [7, 11) is 0. The molecule has 0 fully saturated rings. The van der Waals surface area contributed by atoms with Crippen molar-refractivity contribution in [3.05, 3.63) is 54.4 Å². The van der Waals surface area contributed by atoms with Crippen LogP contribution in [0.4, 0.5) is 11.4 Å². The summed E-state index contributed by atoms with van der Waals surface area (Å²) in [5.74, 6) is 0.0735. The molecule has 1 aromatic heterocycles. The van der Waals surface area contributed by atoms with Gasteiger partial charge in [-0.25, -0.2) is 4.68 Å². The van der Waals surface area contributed by atoms with Crippen LogP contribution in [-0.2, 0) is 4.79 Å². The number of hydrogen-bond acceptors (Lipinski definition) is 6. The summed E-state index contributed by atoms with van der Waals surface area (Å²) in [5, 5.41) is 15.0. The van der Waals surface area contributed by atoms with E-state index in [1.165, 1.54) is 4.90 Å². The molecule has 0 unspecified atom stereocenters. The molecule has 0 saturated heterocycles. The van der Waals surface area contributed by atoms with Gasteiger partial charge in [-0.1, -0.05) is 19.1 Å². The average Bonchev–Trinajstić information content (AvgIpc) is 3.16. The summed E-state index contributed by atoms with van der Waals surface area (Å²) in [6.45, 7) is 5.19. The molecule has 1 N–H and O–H groups in total. The summed E-state index contributed by atoms with van der Waals surface area (Å²) in [5.41, 5.74) is 3.84. The molecular weight excluding hydrogens is 372 g/mol. The van der Waals surface area contributed by atoms with Crippen LogP contribution in [-0.4, -0.2) is 44.5 Å². The fraction of sp³-hybridized carbons (Fsp3) is 0.300. The summed E-state index contributed by atoms with van der Waals surface area (Å²) in [6, 6.07) is 14.0. The number of thioether (sulfide) groups is 1. The van der Waals surface area contributed by atoms with E-state index in [1.54, 1.807) is 11.0 Å². The monoisotopic (exact) mass is 394 g/mol. The van der Waals surface area contributed by atoms with Crippen LogP contribution in [0, 0.1) is 6.92 Å². The lowest BCUT2D eigenvalue weighted by Crippen LogP contribution is -2.36. The first kappa shape index (κ1) is 18.5. The topological polar surface area (TPSA) is 75.9 Å². The van der Waals surface area contributed by atoms with Gasteiger partial charge in [-0.3, -0.25) is 4.79 Å². The molecule has 4 rings (SSSR count). The van der Waals surface area contributed by atoms with E-state index in [4.69, 9.17) is 0 Å². The third kappa shape index (κ3) is 3.87. The molecule has 2 aromatic carbocycles. The van der Waals surface area contributed by atoms with Gasteiger partial charge in [0.1, 0.15) is 6.33 Å². The van der Waals surface area contributed by atoms with E-state index in [-0.39, 0.29) is 12.5 Å². The lowest BCUT2D eigenvalue weighted by Gasteiger charge is -2.23. The lowest BCUT2D eigenvalue weighted by molar-refractivity contribution is -0.117. The van der Waals surface area contributed by atoms with Crippen molar-refractivity contribution in [2.45, 2.75) is 30.4 Å². The Morgan fingerprint density at radius 1 is 1.25 bits per heavy atom. The summed E-state index contributed by atoms with van der Waals surface area (Å²) in [6.07, 6.45) is 2.54. The maximum Gasteiger partial charge on any atom is 0.246 e. The minimum Gasteiger partial charge on any atom is -0.376 e. The first-order valence-corrected chi connectivity index (χ1v) is 10.1. The number of tetrazole rings is 1. The van der Waals surface area contributed by atoms with Crippen molar-refractivity contribution in [1.82, 2.24) is 20.2 Å². The number of hydrogen-bond donors (Lipinski definition) is 1. The first-order chi connectivity index (χ1) is 13.6. The number of carbonyl (C=O) groups is 1. The Hall–Kier alpha value is -2.87. The molecule has 7 nitrogen and oxygen atoms in total. The molecule has 1 aliphatic rings. The van der Waals surface area contributed by atoms with Crippen LogP contribution in [0.25, 0.3) is 5.69 Å². The van der Waals surface area contributed by atoms with Crippen molar-refractivity contribution in [3.8, 4) is 5.69 Å². The highest BCUT2D eigenvalue weighted by molar-refractivity contribution is 8.00. The quantitative estimate of drug-likeness (QED) is 0.732. The fourth-order valence-corrected chi connectivity index (χ4v) is 4.43. The van der Waals surface area contributed by atoms with E-state index < -0.39 is 0 Å². The molecular formula is C20H22N6OS. The number of anilines is 2. The molecule has 1 amide bonds. The number of aromatic nitrogens is 4. The molecule has 0 radical (unpaired) electrons. The summed E-state index contributed by atoms with van der Waals surface area (Å²) in [4.78, 5) is 16.0. The van der Waals surface area contributed by atoms with Crippen molar-refractivity contribution in [1.29, 1.82) is 0 Å². The second-order valence-electron chi connectivity index (χ2n) is 6.84. The van der Waals surface area contributed by atoms with Gasteiger partial charge < -0.3 is 10.2 Å². The summed E-state index contributed by atoms with van der Waals surface area (Å²) >= 11 is 1.84. The molecule has 0 spiro atoms. The highest BCUT2D eigenvalue weighted by Gasteiger charge is 2.23. The second kappa shape index (κ2) is 8.02. The Morgan fingerprint density at radius 3 is 2.89 bits per heavy atom. The van der Waals surface area contributed by atoms with E-state index in [9.17, 15) is 4.79 Å². The van der Waals surface area contributed by atoms with Gasteiger partial charge in [0.05, 0.1) is 17.9 Å². The van der Waals surface area contributed by atoms with E-state index in [2.05, 4.69) is 33.8 Å². The maximum atomic E-state index is 13.0. The molecule has 8 heteroatoms. The third-order valence-electron chi connectivity index (χ3n) is 4.78. The average molecular weight is 395 g/mol. The number of fused-ring (bicyclic) bond motifs is 1. The molecule has 1 aliphatic heterocycles. The van der Waals surface area contributed by atoms with Crippen molar-refractivity contribution >= 4 is 29.0 Å². The maximum absolute atomic E-state index is 13.0. The number of aryl methyl sites for hydroxylation is 1. The van der Waals surface area contributed by atoms with Gasteiger partial charge >= 0.3 is 0 Å². The van der Waals surface area contributed by atoms with Crippen LogP contribution in [0.2, 0.25) is 0 Å². The van der Waals surface area contributed by atoms with Gasteiger partial charge in [0.15, 0.2) is 0 Å². The number of para-hydroxylation sites is 1. The number of amides is 1. The Labute approximate surface area is 168 Å². The van der Waals surface area contributed by atoms with Crippen LogP contribution < -0.4 is 10.2 Å². The van der Waals surface area contributed by atoms with Crippen LogP contribution in [0.3, 0.4) is 0 Å². The van der Waals surface area contributed by atoms with Crippen LogP contribution in [0.5, 0.6) is 0 Å². The Bertz CT molecular complexity index is 975. The van der Waals surface area contributed by atoms with Gasteiger partial charge in [0.2, 0.25) is 5.91 Å². The van der Waals surface area contributed by atoms with Crippen molar-refractivity contribution in [2.24, 2.45) is 0 Å². The second-order valence-corrected chi connectivity index (χ2v) is 8.32. The molecule has 2 heterocycles. The highest BCUT2D eigenvalue weighted by Crippen LogP contribution is 2.37. The molecule has 144 valence electrons. The van der Waals surface area contributed by atoms with Crippen molar-refractivity contribution in [3.63, 3.8) is 0 Å². The zero-order valence-corrected chi connectivity index (χ0v) is 16.7. The van der Waals surface area contributed by atoms with Crippen LogP contribution in [0.15, 0.2) is 53.7 Å². The van der Waals surface area contributed by atoms with Gasteiger partial charge in [0.25, 0.3) is 0 Å². The largest absolute Gasteiger partial charge is 0.376 e. The molecule has 3 aromatic rings. The fourth-order valence-electron chi connectivity index (χ4n) is 3.31. The van der Waals surface area contributed by atoms with Crippen LogP contribution >= 0.6 is 11.8 Å². The zero-order valence-electron chi connectivity index (χ0n) is 15.9. The number of benzene rings is 2. The smallest absolute Gasteiger partial charge is 0.246 e. The van der Waals surface area contributed by atoms with Crippen molar-refractivity contribution in [2.75, 3.05) is 23.3 Å². The van der Waals surface area contributed by atoms with E-state index in [1.807, 2.05) is 60.0 Å². The molecule has 1 atom stereocenters. The molecule has 28 heavy (non-hydrogen) atoms. The summed E-state index contributed by atoms with van der Waals surface area (Å²) < 4.78 is 1.62. The predicted octanol–water partition coefficient (Wildman–Crippen LogP) is 3.30. The Morgan fingerprint density at radius 2 is 2.11 bits per heavy atom. The minimum absolute atomic E-state index is 0.0735. The Balaban J connectivity index is 1.47. The number of carbonyl (C=O) groups excluding carboxylic acids is 1.